The van der Waals surface area contributed by atoms with Gasteiger partial charge in [0, 0.05) is 43.3 Å². The van der Waals surface area contributed by atoms with E-state index < -0.39 is 0 Å². The van der Waals surface area contributed by atoms with Crippen LogP contribution in [0.5, 0.6) is 11.6 Å². The normalized spacial score (nSPS) is 13.9. The molecule has 7 heteroatoms. The highest BCUT2D eigenvalue weighted by Crippen LogP contribution is 2.25. The van der Waals surface area contributed by atoms with Crippen LogP contribution in [0.2, 0.25) is 0 Å². The summed E-state index contributed by atoms with van der Waals surface area (Å²) in [6.07, 6.45) is 10.1. The molecule has 0 bridgehead atoms. The van der Waals surface area contributed by atoms with Gasteiger partial charge in [-0.25, -0.2) is 9.97 Å². The third kappa shape index (κ3) is 4.97. The first-order valence-electron chi connectivity index (χ1n) is 10.3. The number of nitrogens with zero attached hydrogens (tertiary/aromatic N) is 3. The van der Waals surface area contributed by atoms with E-state index in [9.17, 15) is 4.79 Å². The van der Waals surface area contributed by atoms with E-state index in [0.29, 0.717) is 30.3 Å². The van der Waals surface area contributed by atoms with Gasteiger partial charge in [-0.3, -0.25) is 4.79 Å². The summed E-state index contributed by atoms with van der Waals surface area (Å²) in [5.41, 5.74) is 1.45. The summed E-state index contributed by atoms with van der Waals surface area (Å²) in [6, 6.07) is 10.9. The number of imidazole rings is 1. The van der Waals surface area contributed by atoms with Crippen LogP contribution in [0, 0.1) is 0 Å². The second-order valence-electron chi connectivity index (χ2n) is 7.44. The molecule has 0 saturated heterocycles. The molecule has 7 nitrogen and oxygen atoms in total. The zero-order valence-electron chi connectivity index (χ0n) is 17.1. The SMILES string of the molecule is Cn1ccnc1COc1ccc(C(=O)NCc2cccnc2OC2CCCC2)cc1. The lowest BCUT2D eigenvalue weighted by molar-refractivity contribution is 0.0950. The van der Waals surface area contributed by atoms with E-state index >= 15 is 0 Å². The Morgan fingerprint density at radius 1 is 1.13 bits per heavy atom. The van der Waals surface area contributed by atoms with Crippen LogP contribution < -0.4 is 14.8 Å². The lowest BCUT2D eigenvalue weighted by atomic mass is 10.2. The molecule has 1 aliphatic rings. The summed E-state index contributed by atoms with van der Waals surface area (Å²) in [4.78, 5) is 21.1. The average Bonchev–Trinajstić information content (AvgIpc) is 3.43. The summed E-state index contributed by atoms with van der Waals surface area (Å²) in [6.45, 7) is 0.742. The Balaban J connectivity index is 1.31. The molecule has 0 unspecified atom stereocenters. The molecule has 3 aromatic rings. The fraction of sp³-hybridized carbons (Fsp3) is 0.348. The highest BCUT2D eigenvalue weighted by Gasteiger charge is 2.18. The van der Waals surface area contributed by atoms with Gasteiger partial charge in [0.25, 0.3) is 5.91 Å². The van der Waals surface area contributed by atoms with Crippen LogP contribution >= 0.6 is 0 Å². The zero-order chi connectivity index (χ0) is 20.8. The van der Waals surface area contributed by atoms with Crippen LogP contribution in [0.25, 0.3) is 0 Å². The van der Waals surface area contributed by atoms with Gasteiger partial charge in [0.15, 0.2) is 0 Å². The van der Waals surface area contributed by atoms with Crippen molar-refractivity contribution in [2.45, 2.75) is 44.9 Å². The van der Waals surface area contributed by atoms with Crippen molar-refractivity contribution in [1.29, 1.82) is 0 Å². The van der Waals surface area contributed by atoms with Gasteiger partial charge in [-0.2, -0.15) is 0 Å². The zero-order valence-corrected chi connectivity index (χ0v) is 17.1. The van der Waals surface area contributed by atoms with Crippen molar-refractivity contribution in [3.05, 3.63) is 71.9 Å². The first-order valence-corrected chi connectivity index (χ1v) is 10.3. The van der Waals surface area contributed by atoms with Crippen LogP contribution in [-0.4, -0.2) is 26.5 Å². The van der Waals surface area contributed by atoms with Crippen molar-refractivity contribution < 1.29 is 14.3 Å². The lowest BCUT2D eigenvalue weighted by Crippen LogP contribution is -2.23. The molecule has 0 radical (unpaired) electrons. The second-order valence-corrected chi connectivity index (χ2v) is 7.44. The molecule has 4 rings (SSSR count). The number of aromatic nitrogens is 3. The number of hydrogen-bond acceptors (Lipinski definition) is 5. The Morgan fingerprint density at radius 3 is 2.67 bits per heavy atom. The van der Waals surface area contributed by atoms with Crippen LogP contribution in [0.15, 0.2) is 55.0 Å². The fourth-order valence-corrected chi connectivity index (χ4v) is 3.49. The van der Waals surface area contributed by atoms with Gasteiger partial charge >= 0.3 is 0 Å². The minimum atomic E-state index is -0.152. The van der Waals surface area contributed by atoms with Crippen molar-refractivity contribution >= 4 is 5.91 Å². The van der Waals surface area contributed by atoms with Crippen molar-refractivity contribution in [2.24, 2.45) is 7.05 Å². The minimum Gasteiger partial charge on any atom is -0.486 e. The molecule has 1 fully saturated rings. The maximum absolute atomic E-state index is 12.5. The smallest absolute Gasteiger partial charge is 0.251 e. The highest BCUT2D eigenvalue weighted by molar-refractivity contribution is 5.94. The molecule has 30 heavy (non-hydrogen) atoms. The Morgan fingerprint density at radius 2 is 1.93 bits per heavy atom. The number of rotatable bonds is 8. The maximum atomic E-state index is 12.5. The molecule has 0 aliphatic heterocycles. The summed E-state index contributed by atoms with van der Waals surface area (Å²) >= 11 is 0. The molecule has 2 heterocycles. The Hall–Kier alpha value is -3.35. The summed E-state index contributed by atoms with van der Waals surface area (Å²) in [5, 5.41) is 2.95. The Kier molecular flexibility index (Phi) is 6.27. The van der Waals surface area contributed by atoms with Crippen molar-refractivity contribution in [3.8, 4) is 11.6 Å². The van der Waals surface area contributed by atoms with Gasteiger partial charge < -0.3 is 19.4 Å². The molecule has 0 spiro atoms. The molecular formula is C23H26N4O3. The number of pyridine rings is 1. The number of amides is 1. The third-order valence-corrected chi connectivity index (χ3v) is 5.28. The first-order chi connectivity index (χ1) is 14.7. The van der Waals surface area contributed by atoms with Gasteiger partial charge in [0.2, 0.25) is 5.88 Å². The van der Waals surface area contributed by atoms with Crippen molar-refractivity contribution in [3.63, 3.8) is 0 Å². The quantitative estimate of drug-likeness (QED) is 0.618. The Bertz CT molecular complexity index is 978. The van der Waals surface area contributed by atoms with E-state index in [1.165, 1.54) is 12.8 Å². The van der Waals surface area contributed by atoms with Gasteiger partial charge in [-0.05, 0) is 56.0 Å². The Labute approximate surface area is 176 Å². The summed E-state index contributed by atoms with van der Waals surface area (Å²) in [5.74, 6) is 1.99. The van der Waals surface area contributed by atoms with Crippen LogP contribution in [0.4, 0.5) is 0 Å². The van der Waals surface area contributed by atoms with Crippen molar-refractivity contribution in [1.82, 2.24) is 19.9 Å². The molecular weight excluding hydrogens is 380 g/mol. The molecule has 1 aromatic carbocycles. The van der Waals surface area contributed by atoms with Crippen LogP contribution in [0.1, 0.15) is 47.4 Å². The molecule has 1 amide bonds. The number of nitrogens with one attached hydrogen (secondary N) is 1. The fourth-order valence-electron chi connectivity index (χ4n) is 3.49. The predicted molar refractivity (Wildman–Crippen MR) is 112 cm³/mol. The summed E-state index contributed by atoms with van der Waals surface area (Å²) < 4.78 is 13.7. The number of carbonyl (C=O) groups is 1. The largest absolute Gasteiger partial charge is 0.486 e. The van der Waals surface area contributed by atoms with Gasteiger partial charge in [-0.15, -0.1) is 0 Å². The first kappa shape index (κ1) is 19.9. The van der Waals surface area contributed by atoms with Gasteiger partial charge in [0.05, 0.1) is 0 Å². The molecule has 2 aromatic heterocycles. The molecule has 1 saturated carbocycles. The lowest BCUT2D eigenvalue weighted by Gasteiger charge is -2.15. The maximum Gasteiger partial charge on any atom is 0.251 e. The number of aryl methyl sites for hydroxylation is 1. The molecule has 1 N–H and O–H groups in total. The number of hydrogen-bond donors (Lipinski definition) is 1. The van der Waals surface area contributed by atoms with Crippen molar-refractivity contribution in [2.75, 3.05) is 0 Å². The van der Waals surface area contributed by atoms with E-state index in [-0.39, 0.29) is 12.0 Å². The number of benzene rings is 1. The minimum absolute atomic E-state index is 0.152. The summed E-state index contributed by atoms with van der Waals surface area (Å²) in [7, 11) is 1.92. The number of ether oxygens (including phenoxy) is 2. The standard InChI is InChI=1S/C23H26N4O3/c1-27-14-13-24-21(27)16-29-19-10-8-17(9-11-19)22(28)26-15-18-5-4-12-25-23(18)30-20-6-2-3-7-20/h4-5,8-14,20H,2-3,6-7,15-16H2,1H3,(H,26,28). The van der Waals surface area contributed by atoms with E-state index in [1.54, 1.807) is 36.7 Å². The van der Waals surface area contributed by atoms with E-state index in [4.69, 9.17) is 9.47 Å². The van der Waals surface area contributed by atoms with Gasteiger partial charge in [-0.1, -0.05) is 6.07 Å². The number of carbonyl (C=O) groups excluding carboxylic acids is 1. The van der Waals surface area contributed by atoms with E-state index in [2.05, 4.69) is 15.3 Å². The average molecular weight is 406 g/mol. The molecule has 1 aliphatic carbocycles. The molecule has 0 atom stereocenters. The van der Waals surface area contributed by atoms with Gasteiger partial charge in [0.1, 0.15) is 24.3 Å². The van der Waals surface area contributed by atoms with E-state index in [1.807, 2.05) is 29.9 Å². The van der Waals surface area contributed by atoms with Crippen LogP contribution in [0.3, 0.4) is 0 Å². The third-order valence-electron chi connectivity index (χ3n) is 5.28. The van der Waals surface area contributed by atoms with E-state index in [0.717, 1.165) is 24.2 Å². The topological polar surface area (TPSA) is 78.3 Å². The highest BCUT2D eigenvalue weighted by atomic mass is 16.5. The molecule has 156 valence electrons. The predicted octanol–water partition coefficient (Wildman–Crippen LogP) is 3.65. The second kappa shape index (κ2) is 9.43. The van der Waals surface area contributed by atoms with Crippen LogP contribution in [-0.2, 0) is 20.2 Å². The monoisotopic (exact) mass is 406 g/mol.